The number of fused-ring (bicyclic) bond motifs is 2. The maximum atomic E-state index is 13.4. The number of piperidine rings is 1. The van der Waals surface area contributed by atoms with Gasteiger partial charge >= 0.3 is 18.1 Å². The van der Waals surface area contributed by atoms with Gasteiger partial charge in [0.15, 0.2) is 0 Å². The Morgan fingerprint density at radius 3 is 2.33 bits per heavy atom. The lowest BCUT2D eigenvalue weighted by atomic mass is 9.83. The lowest BCUT2D eigenvalue weighted by Crippen LogP contribution is -2.57. The number of ether oxygens (including phenoxy) is 2. The summed E-state index contributed by atoms with van der Waals surface area (Å²) >= 11 is 6.44. The molecule has 2 aliphatic heterocycles. The quantitative estimate of drug-likeness (QED) is 0.257. The molecular formula is C30H37ClF3NO6Si. The minimum atomic E-state index is -5.38. The van der Waals surface area contributed by atoms with Crippen LogP contribution in [0.3, 0.4) is 0 Å². The number of hydrogen-bond donors (Lipinski definition) is 1. The van der Waals surface area contributed by atoms with Crippen LogP contribution in [-0.2, 0) is 37.7 Å². The number of esters is 1. The number of aliphatic carboxylic acids is 1. The van der Waals surface area contributed by atoms with E-state index in [0.717, 1.165) is 11.1 Å². The first-order valence-electron chi connectivity index (χ1n) is 13.8. The van der Waals surface area contributed by atoms with Crippen LogP contribution in [0.4, 0.5) is 13.2 Å². The van der Waals surface area contributed by atoms with Crippen molar-refractivity contribution in [3.05, 3.63) is 64.2 Å². The van der Waals surface area contributed by atoms with Gasteiger partial charge in [-0.3, -0.25) is 4.90 Å². The number of carboxylic acid groups (broad SMARTS) is 1. The van der Waals surface area contributed by atoms with Gasteiger partial charge in [0.2, 0.25) is 13.9 Å². The highest BCUT2D eigenvalue weighted by molar-refractivity contribution is 6.74. The molecule has 230 valence electrons. The van der Waals surface area contributed by atoms with Crippen molar-refractivity contribution in [3.8, 4) is 5.75 Å². The number of alkyl halides is 3. The summed E-state index contributed by atoms with van der Waals surface area (Å²) in [5, 5.41) is 10.3. The summed E-state index contributed by atoms with van der Waals surface area (Å²) in [5.41, 5.74) is -0.750. The van der Waals surface area contributed by atoms with Crippen molar-refractivity contribution in [2.24, 2.45) is 0 Å². The van der Waals surface area contributed by atoms with Crippen LogP contribution < -0.4 is 4.43 Å². The number of rotatable bonds is 8. The molecule has 0 radical (unpaired) electrons. The molecule has 0 amide bonds. The monoisotopic (exact) mass is 627 g/mol. The molecule has 1 spiro atoms. The first kappa shape index (κ1) is 32.3. The molecule has 2 aromatic rings. The van der Waals surface area contributed by atoms with Crippen LogP contribution in [0.1, 0.15) is 50.3 Å². The van der Waals surface area contributed by atoms with Crippen molar-refractivity contribution in [1.29, 1.82) is 0 Å². The van der Waals surface area contributed by atoms with Crippen molar-refractivity contribution in [2.45, 2.75) is 82.2 Å². The van der Waals surface area contributed by atoms with Gasteiger partial charge < -0.3 is 19.0 Å². The molecule has 1 saturated heterocycles. The van der Waals surface area contributed by atoms with Crippen LogP contribution in [0.5, 0.6) is 5.75 Å². The number of benzene rings is 2. The number of carbonyl (C=O) groups excluding carboxylic acids is 1. The molecule has 1 N–H and O–H groups in total. The standard InChI is InChI=1S/C30H37ClF3NO6Si/c1-27(2,3)42(4,5)41-22-10-11-24(31)21(16-22)17-29(25(36)37,40-26(38)30(32,33)34)19-35-14-12-28(13-15-35)23-9-7-6-8-20(23)18-39-28/h6-11,16H,12-15,17-19H2,1-5H3,(H,36,37). The zero-order valence-corrected chi connectivity index (χ0v) is 26.2. The second kappa shape index (κ2) is 11.5. The van der Waals surface area contributed by atoms with Gasteiger partial charge in [0.25, 0.3) is 0 Å². The van der Waals surface area contributed by atoms with E-state index >= 15 is 0 Å². The van der Waals surface area contributed by atoms with Crippen LogP contribution in [0, 0.1) is 0 Å². The molecule has 1 unspecified atom stereocenters. The number of carboxylic acids is 1. The summed E-state index contributed by atoms with van der Waals surface area (Å²) in [4.78, 5) is 26.6. The predicted octanol–water partition coefficient (Wildman–Crippen LogP) is 6.72. The van der Waals surface area contributed by atoms with Crippen molar-refractivity contribution in [2.75, 3.05) is 19.6 Å². The van der Waals surface area contributed by atoms with Crippen molar-refractivity contribution in [1.82, 2.24) is 4.90 Å². The van der Waals surface area contributed by atoms with Crippen molar-refractivity contribution < 1.29 is 41.8 Å². The van der Waals surface area contributed by atoms with E-state index < -0.39 is 50.6 Å². The molecule has 0 aromatic heterocycles. The Hall–Kier alpha value is -2.60. The highest BCUT2D eigenvalue weighted by atomic mass is 35.5. The van der Waals surface area contributed by atoms with Gasteiger partial charge in [-0.15, -0.1) is 0 Å². The molecule has 0 saturated carbocycles. The summed E-state index contributed by atoms with van der Waals surface area (Å²) < 4.78 is 57.6. The number of halogens is 4. The van der Waals surface area contributed by atoms with Crippen molar-refractivity contribution >= 4 is 31.9 Å². The summed E-state index contributed by atoms with van der Waals surface area (Å²) in [6, 6.07) is 12.5. The highest BCUT2D eigenvalue weighted by Crippen LogP contribution is 2.44. The predicted molar refractivity (Wildman–Crippen MR) is 154 cm³/mol. The molecule has 0 bridgehead atoms. The third kappa shape index (κ3) is 6.64. The number of likely N-dealkylation sites (tertiary alicyclic amines) is 1. The smallest absolute Gasteiger partial charge is 0.490 e. The Bertz CT molecular complexity index is 1340. The molecule has 1 atom stereocenters. The van der Waals surface area contributed by atoms with Gasteiger partial charge in [0.1, 0.15) is 5.75 Å². The fourth-order valence-corrected chi connectivity index (χ4v) is 6.49. The molecule has 2 aliphatic rings. The molecule has 2 aromatic carbocycles. The van der Waals surface area contributed by atoms with Gasteiger partial charge in [-0.2, -0.15) is 13.2 Å². The highest BCUT2D eigenvalue weighted by Gasteiger charge is 2.53. The SMILES string of the molecule is CC(C)(C)[Si](C)(C)Oc1ccc(Cl)c(CC(CN2CCC3(CC2)OCc2ccccc23)(OC(=O)C(F)(F)F)C(=O)O)c1. The lowest BCUT2D eigenvalue weighted by Gasteiger charge is -2.42. The van der Waals surface area contributed by atoms with Gasteiger partial charge in [-0.1, -0.05) is 56.6 Å². The third-order valence-electron chi connectivity index (χ3n) is 8.74. The van der Waals surface area contributed by atoms with Gasteiger partial charge in [0, 0.05) is 31.1 Å². The lowest BCUT2D eigenvalue weighted by molar-refractivity contribution is -0.220. The van der Waals surface area contributed by atoms with E-state index in [-0.39, 0.29) is 15.6 Å². The van der Waals surface area contributed by atoms with Crippen molar-refractivity contribution in [3.63, 3.8) is 0 Å². The molecule has 2 heterocycles. The first-order valence-corrected chi connectivity index (χ1v) is 17.1. The normalized spacial score (nSPS) is 18.8. The summed E-state index contributed by atoms with van der Waals surface area (Å²) in [7, 11) is -2.31. The third-order valence-corrected chi connectivity index (χ3v) is 13.5. The molecule has 0 aliphatic carbocycles. The molecule has 4 rings (SSSR count). The minimum Gasteiger partial charge on any atom is -0.543 e. The van der Waals surface area contributed by atoms with Gasteiger partial charge in [-0.05, 0) is 65.9 Å². The Morgan fingerprint density at radius 2 is 1.74 bits per heavy atom. The molecular weight excluding hydrogens is 591 g/mol. The summed E-state index contributed by atoms with van der Waals surface area (Å²) in [6.45, 7) is 10.9. The zero-order chi connectivity index (χ0) is 31.1. The Kier molecular flexibility index (Phi) is 8.83. The molecule has 42 heavy (non-hydrogen) atoms. The van der Waals surface area contributed by atoms with Gasteiger partial charge in [-0.25, -0.2) is 9.59 Å². The van der Waals surface area contributed by atoms with Crippen LogP contribution in [-0.4, -0.2) is 61.7 Å². The Labute approximate surface area is 250 Å². The first-order chi connectivity index (χ1) is 19.4. The topological polar surface area (TPSA) is 85.3 Å². The van der Waals surface area contributed by atoms with Crippen LogP contribution in [0.2, 0.25) is 23.2 Å². The van der Waals surface area contributed by atoms with E-state index in [1.807, 2.05) is 37.4 Å². The maximum Gasteiger partial charge on any atom is 0.490 e. The average Bonchev–Trinajstić information content (AvgIpc) is 3.24. The van der Waals surface area contributed by atoms with E-state index in [1.165, 1.54) is 12.1 Å². The Morgan fingerprint density at radius 1 is 1.10 bits per heavy atom. The Balaban J connectivity index is 1.63. The zero-order valence-electron chi connectivity index (χ0n) is 24.4. The number of nitrogens with zero attached hydrogens (tertiary/aromatic N) is 1. The fourth-order valence-electron chi connectivity index (χ4n) is 5.28. The van der Waals surface area contributed by atoms with E-state index in [4.69, 9.17) is 25.5 Å². The van der Waals surface area contributed by atoms with Crippen LogP contribution in [0.25, 0.3) is 0 Å². The van der Waals surface area contributed by atoms with E-state index in [9.17, 15) is 27.9 Å². The summed E-state index contributed by atoms with van der Waals surface area (Å²) in [6.07, 6.45) is -4.96. The average molecular weight is 628 g/mol. The fraction of sp³-hybridized carbons (Fsp3) is 0.533. The largest absolute Gasteiger partial charge is 0.543 e. The minimum absolute atomic E-state index is 0.125. The van der Waals surface area contributed by atoms with E-state index in [1.54, 1.807) is 11.0 Å². The summed E-state index contributed by atoms with van der Waals surface area (Å²) in [5.74, 6) is -3.86. The second-order valence-corrected chi connectivity index (χ2v) is 17.8. The van der Waals surface area contributed by atoms with E-state index in [2.05, 4.69) is 20.8 Å². The molecule has 12 heteroatoms. The van der Waals surface area contributed by atoms with Crippen LogP contribution >= 0.6 is 11.6 Å². The molecule has 1 fully saturated rings. The number of carbonyl (C=O) groups is 2. The van der Waals surface area contributed by atoms with Crippen LogP contribution in [0.15, 0.2) is 42.5 Å². The van der Waals surface area contributed by atoms with E-state index in [0.29, 0.717) is 38.3 Å². The second-order valence-electron chi connectivity index (χ2n) is 12.7. The maximum absolute atomic E-state index is 13.4. The molecule has 7 nitrogen and oxygen atoms in total. The van der Waals surface area contributed by atoms with Gasteiger partial charge in [0.05, 0.1) is 12.2 Å². The number of hydrogen-bond acceptors (Lipinski definition) is 6.